The average molecular weight is 468 g/mol. The SMILES string of the molecule is CC(=O)Nc1ccc(C(=O)CSc2nc3cc(Cl)ccc3c(=O)n2Cc2ccco2)cc1. The van der Waals surface area contributed by atoms with Crippen molar-refractivity contribution < 1.29 is 14.0 Å². The lowest BCUT2D eigenvalue weighted by atomic mass is 10.1. The molecule has 0 aliphatic heterocycles. The molecule has 7 nitrogen and oxygen atoms in total. The Morgan fingerprint density at radius 3 is 2.62 bits per heavy atom. The van der Waals surface area contributed by atoms with Crippen LogP contribution in [0, 0.1) is 0 Å². The van der Waals surface area contributed by atoms with Crippen LogP contribution in [0.5, 0.6) is 0 Å². The van der Waals surface area contributed by atoms with Crippen molar-refractivity contribution in [2.45, 2.75) is 18.6 Å². The van der Waals surface area contributed by atoms with Gasteiger partial charge in [-0.15, -0.1) is 0 Å². The Morgan fingerprint density at radius 2 is 1.94 bits per heavy atom. The van der Waals surface area contributed by atoms with Gasteiger partial charge in [0.05, 0.1) is 29.5 Å². The highest BCUT2D eigenvalue weighted by molar-refractivity contribution is 7.99. The average Bonchev–Trinajstić information content (AvgIpc) is 3.27. The van der Waals surface area contributed by atoms with Crippen LogP contribution in [0.1, 0.15) is 23.0 Å². The van der Waals surface area contributed by atoms with Crippen molar-refractivity contribution in [3.05, 3.63) is 87.6 Å². The van der Waals surface area contributed by atoms with E-state index in [-0.39, 0.29) is 29.5 Å². The summed E-state index contributed by atoms with van der Waals surface area (Å²) in [5.74, 6) is 0.367. The molecule has 0 atom stereocenters. The second-order valence-electron chi connectivity index (χ2n) is 7.00. The summed E-state index contributed by atoms with van der Waals surface area (Å²) in [5.41, 5.74) is 1.34. The lowest BCUT2D eigenvalue weighted by Gasteiger charge is -2.12. The zero-order valence-electron chi connectivity index (χ0n) is 17.0. The molecule has 2 heterocycles. The van der Waals surface area contributed by atoms with Crippen LogP contribution in [0.15, 0.2) is 75.2 Å². The highest BCUT2D eigenvalue weighted by Crippen LogP contribution is 2.22. The summed E-state index contributed by atoms with van der Waals surface area (Å²) in [7, 11) is 0. The number of furan rings is 1. The maximum absolute atomic E-state index is 13.1. The first-order valence-electron chi connectivity index (χ1n) is 9.67. The third-order valence-electron chi connectivity index (χ3n) is 4.64. The van der Waals surface area contributed by atoms with E-state index >= 15 is 0 Å². The van der Waals surface area contributed by atoms with E-state index in [0.717, 1.165) is 0 Å². The van der Waals surface area contributed by atoms with Gasteiger partial charge in [-0.2, -0.15) is 0 Å². The van der Waals surface area contributed by atoms with Gasteiger partial charge in [-0.25, -0.2) is 4.98 Å². The number of carbonyl (C=O) groups is 2. The molecular formula is C23H18ClN3O4S. The number of fused-ring (bicyclic) bond motifs is 1. The zero-order chi connectivity index (χ0) is 22.7. The molecule has 0 saturated carbocycles. The van der Waals surface area contributed by atoms with E-state index in [1.165, 1.54) is 29.5 Å². The van der Waals surface area contributed by atoms with Gasteiger partial charge in [-0.05, 0) is 54.6 Å². The zero-order valence-corrected chi connectivity index (χ0v) is 18.6. The van der Waals surface area contributed by atoms with Crippen molar-refractivity contribution in [1.29, 1.82) is 0 Å². The Balaban J connectivity index is 1.61. The molecule has 4 aromatic rings. The van der Waals surface area contributed by atoms with E-state index in [0.29, 0.717) is 38.1 Å². The first-order chi connectivity index (χ1) is 15.4. The minimum absolute atomic E-state index is 0.0795. The highest BCUT2D eigenvalue weighted by atomic mass is 35.5. The number of Topliss-reactive ketones (excluding diaryl/α,β-unsaturated/α-hetero) is 1. The molecule has 32 heavy (non-hydrogen) atoms. The van der Waals surface area contributed by atoms with Gasteiger partial charge in [-0.3, -0.25) is 19.0 Å². The Morgan fingerprint density at radius 1 is 1.16 bits per heavy atom. The summed E-state index contributed by atoms with van der Waals surface area (Å²) in [6, 6.07) is 15.1. The molecule has 2 aromatic heterocycles. The molecule has 0 aliphatic carbocycles. The number of nitrogens with zero attached hydrogens (tertiary/aromatic N) is 2. The first kappa shape index (κ1) is 21.9. The minimum Gasteiger partial charge on any atom is -0.467 e. The molecule has 2 aromatic carbocycles. The molecule has 0 spiro atoms. The van der Waals surface area contributed by atoms with Crippen LogP contribution in [0.4, 0.5) is 5.69 Å². The van der Waals surface area contributed by atoms with Crippen LogP contribution < -0.4 is 10.9 Å². The van der Waals surface area contributed by atoms with Gasteiger partial charge in [0.1, 0.15) is 5.76 Å². The number of halogens is 1. The van der Waals surface area contributed by atoms with Gasteiger partial charge >= 0.3 is 0 Å². The predicted octanol–water partition coefficient (Wildman–Crippen LogP) is 4.62. The van der Waals surface area contributed by atoms with Crippen LogP contribution in [0.3, 0.4) is 0 Å². The molecule has 0 radical (unpaired) electrons. The molecule has 0 bridgehead atoms. The van der Waals surface area contributed by atoms with Gasteiger partial charge in [-0.1, -0.05) is 23.4 Å². The summed E-state index contributed by atoms with van der Waals surface area (Å²) in [4.78, 5) is 41.6. The van der Waals surface area contributed by atoms with Crippen LogP contribution in [-0.2, 0) is 11.3 Å². The number of rotatable bonds is 7. The molecular weight excluding hydrogens is 450 g/mol. The highest BCUT2D eigenvalue weighted by Gasteiger charge is 2.16. The van der Waals surface area contributed by atoms with E-state index < -0.39 is 0 Å². The van der Waals surface area contributed by atoms with E-state index in [1.54, 1.807) is 54.6 Å². The number of amides is 1. The van der Waals surface area contributed by atoms with Gasteiger partial charge in [0.2, 0.25) is 5.91 Å². The topological polar surface area (TPSA) is 94.2 Å². The van der Waals surface area contributed by atoms with Crippen LogP contribution in [0.2, 0.25) is 5.02 Å². The summed E-state index contributed by atoms with van der Waals surface area (Å²) in [5, 5.41) is 3.96. The first-order valence-corrected chi connectivity index (χ1v) is 11.0. The maximum Gasteiger partial charge on any atom is 0.262 e. The molecule has 0 unspecified atom stereocenters. The van der Waals surface area contributed by atoms with E-state index in [9.17, 15) is 14.4 Å². The minimum atomic E-state index is -0.238. The summed E-state index contributed by atoms with van der Waals surface area (Å²) >= 11 is 7.25. The van der Waals surface area contributed by atoms with Gasteiger partial charge in [0, 0.05) is 23.2 Å². The van der Waals surface area contributed by atoms with E-state index in [2.05, 4.69) is 10.3 Å². The molecule has 4 rings (SSSR count). The van der Waals surface area contributed by atoms with Gasteiger partial charge in [0.15, 0.2) is 10.9 Å². The molecule has 1 N–H and O–H groups in total. The number of ketones is 1. The predicted molar refractivity (Wildman–Crippen MR) is 125 cm³/mol. The van der Waals surface area contributed by atoms with Crippen molar-refractivity contribution in [3.63, 3.8) is 0 Å². The lowest BCUT2D eigenvalue weighted by Crippen LogP contribution is -2.24. The second kappa shape index (κ2) is 9.42. The number of anilines is 1. The van der Waals surface area contributed by atoms with Gasteiger partial charge < -0.3 is 9.73 Å². The summed E-state index contributed by atoms with van der Waals surface area (Å²) in [6.45, 7) is 1.61. The molecule has 0 saturated heterocycles. The van der Waals surface area contributed by atoms with E-state index in [1.807, 2.05) is 0 Å². The molecule has 0 fully saturated rings. The summed E-state index contributed by atoms with van der Waals surface area (Å²) < 4.78 is 6.89. The van der Waals surface area contributed by atoms with Crippen molar-refractivity contribution in [2.24, 2.45) is 0 Å². The Hall–Kier alpha value is -3.36. The number of nitrogens with one attached hydrogen (secondary N) is 1. The Labute approximate surface area is 192 Å². The largest absolute Gasteiger partial charge is 0.467 e. The number of benzene rings is 2. The molecule has 1 amide bonds. The van der Waals surface area contributed by atoms with Crippen molar-refractivity contribution in [2.75, 3.05) is 11.1 Å². The fourth-order valence-corrected chi connectivity index (χ4v) is 4.20. The van der Waals surface area contributed by atoms with Crippen LogP contribution in [-0.4, -0.2) is 27.0 Å². The fraction of sp³-hybridized carbons (Fsp3) is 0.130. The number of aromatic nitrogens is 2. The van der Waals surface area contributed by atoms with Crippen molar-refractivity contribution >= 4 is 51.6 Å². The lowest BCUT2D eigenvalue weighted by molar-refractivity contribution is -0.114. The quantitative estimate of drug-likeness (QED) is 0.242. The number of thioether (sulfide) groups is 1. The second-order valence-corrected chi connectivity index (χ2v) is 8.38. The third kappa shape index (κ3) is 4.92. The monoisotopic (exact) mass is 467 g/mol. The van der Waals surface area contributed by atoms with Crippen molar-refractivity contribution in [3.8, 4) is 0 Å². The molecule has 0 aliphatic rings. The number of hydrogen-bond donors (Lipinski definition) is 1. The number of hydrogen-bond acceptors (Lipinski definition) is 6. The fourth-order valence-electron chi connectivity index (χ4n) is 3.14. The Kier molecular flexibility index (Phi) is 6.43. The molecule has 9 heteroatoms. The van der Waals surface area contributed by atoms with Crippen LogP contribution >= 0.6 is 23.4 Å². The van der Waals surface area contributed by atoms with Crippen molar-refractivity contribution in [1.82, 2.24) is 9.55 Å². The maximum atomic E-state index is 13.1. The van der Waals surface area contributed by atoms with Gasteiger partial charge in [0.25, 0.3) is 5.56 Å². The molecule has 162 valence electrons. The Bertz CT molecular complexity index is 1350. The van der Waals surface area contributed by atoms with E-state index in [4.69, 9.17) is 16.0 Å². The smallest absolute Gasteiger partial charge is 0.262 e. The standard InChI is InChI=1S/C23H18ClN3O4S/c1-14(28)25-17-7-4-15(5-8-17)21(29)13-32-23-26-20-11-16(24)6-9-19(20)22(30)27(23)12-18-3-2-10-31-18/h2-11H,12-13H2,1H3,(H,25,28). The van der Waals surface area contributed by atoms with Crippen LogP contribution in [0.25, 0.3) is 10.9 Å². The summed E-state index contributed by atoms with van der Waals surface area (Å²) in [6.07, 6.45) is 1.54. The number of carbonyl (C=O) groups excluding carboxylic acids is 2. The normalized spacial score (nSPS) is 10.9. The third-order valence-corrected chi connectivity index (χ3v) is 5.85.